The first kappa shape index (κ1) is 21.8. The fraction of sp³-hybridized carbons (Fsp3) is 0.179. The number of para-hydroxylation sites is 1. The van der Waals surface area contributed by atoms with Crippen LogP contribution < -0.4 is 14.5 Å². The highest BCUT2D eigenvalue weighted by atomic mass is 79.9. The van der Waals surface area contributed by atoms with Gasteiger partial charge in [-0.3, -0.25) is 14.4 Å². The summed E-state index contributed by atoms with van der Waals surface area (Å²) >= 11 is 3.42. The Bertz CT molecular complexity index is 1380. The largest absolute Gasteiger partial charge is 0.497 e. The van der Waals surface area contributed by atoms with Crippen LogP contribution in [0.2, 0.25) is 0 Å². The van der Waals surface area contributed by atoms with Crippen LogP contribution in [0, 0.1) is 11.8 Å². The second kappa shape index (κ2) is 8.20. The average molecular weight is 529 g/mol. The van der Waals surface area contributed by atoms with Crippen molar-refractivity contribution in [3.63, 3.8) is 0 Å². The second-order valence-electron chi connectivity index (χ2n) is 8.89. The summed E-state index contributed by atoms with van der Waals surface area (Å²) in [4.78, 5) is 44.8. The number of rotatable bonds is 4. The molecule has 7 heteroatoms. The van der Waals surface area contributed by atoms with Gasteiger partial charge in [0, 0.05) is 15.7 Å². The van der Waals surface area contributed by atoms with Crippen LogP contribution in [-0.4, -0.2) is 36.8 Å². The Morgan fingerprint density at radius 2 is 1.57 bits per heavy atom. The standard InChI is InChI=1S/C28H21BrN2O4/c1-35-20-13-11-19(12-14-20)30-27(33)23-22-15-8-16-4-2-3-5-21(16)31(22)25(24(23)28(30)34)26(32)17-6-9-18(29)10-7-17/h2-15,22-25H,1H3/t22-,23+,24+,25-/m0/s1. The maximum atomic E-state index is 14.0. The Labute approximate surface area is 210 Å². The first-order valence-corrected chi connectivity index (χ1v) is 12.2. The summed E-state index contributed by atoms with van der Waals surface area (Å²) in [5.41, 5.74) is 2.82. The molecule has 6 rings (SSSR count). The van der Waals surface area contributed by atoms with E-state index in [-0.39, 0.29) is 23.6 Å². The molecule has 3 aromatic rings. The molecule has 0 unspecified atom stereocenters. The zero-order valence-electron chi connectivity index (χ0n) is 18.8. The highest BCUT2D eigenvalue weighted by molar-refractivity contribution is 9.10. The molecule has 0 spiro atoms. The molecule has 0 N–H and O–H groups in total. The van der Waals surface area contributed by atoms with E-state index in [1.165, 1.54) is 4.90 Å². The molecule has 2 fully saturated rings. The average Bonchev–Trinajstić information content (AvgIpc) is 3.37. The molecular weight excluding hydrogens is 508 g/mol. The van der Waals surface area contributed by atoms with Crippen molar-refractivity contribution in [1.82, 2.24) is 0 Å². The molecule has 3 aliphatic heterocycles. The van der Waals surface area contributed by atoms with Gasteiger partial charge in [0.05, 0.1) is 30.7 Å². The summed E-state index contributed by atoms with van der Waals surface area (Å²) in [6.07, 6.45) is 3.94. The van der Waals surface area contributed by atoms with Crippen LogP contribution in [0.5, 0.6) is 5.75 Å². The molecular formula is C28H21BrN2O4. The molecule has 0 saturated carbocycles. The van der Waals surface area contributed by atoms with Gasteiger partial charge < -0.3 is 9.64 Å². The van der Waals surface area contributed by atoms with Crippen LogP contribution in [0.4, 0.5) is 11.4 Å². The molecule has 0 radical (unpaired) electrons. The number of halogens is 1. The lowest BCUT2D eigenvalue weighted by Crippen LogP contribution is -2.48. The van der Waals surface area contributed by atoms with E-state index in [0.29, 0.717) is 17.0 Å². The molecule has 174 valence electrons. The number of Topliss-reactive ketones (excluding diaryl/α,β-unsaturated/α-hetero) is 1. The van der Waals surface area contributed by atoms with E-state index in [1.54, 1.807) is 43.5 Å². The van der Waals surface area contributed by atoms with Gasteiger partial charge in [-0.25, -0.2) is 4.90 Å². The molecule has 3 aromatic carbocycles. The first-order valence-electron chi connectivity index (χ1n) is 11.4. The van der Waals surface area contributed by atoms with Crippen LogP contribution in [0.15, 0.2) is 83.3 Å². The van der Waals surface area contributed by atoms with Gasteiger partial charge in [-0.15, -0.1) is 0 Å². The lowest BCUT2D eigenvalue weighted by atomic mass is 9.86. The maximum Gasteiger partial charge on any atom is 0.240 e. The second-order valence-corrected chi connectivity index (χ2v) is 9.81. The molecule has 6 nitrogen and oxygen atoms in total. The van der Waals surface area contributed by atoms with Crippen LogP contribution in [-0.2, 0) is 9.59 Å². The van der Waals surface area contributed by atoms with E-state index in [2.05, 4.69) is 15.9 Å². The third-order valence-electron chi connectivity index (χ3n) is 7.14. The van der Waals surface area contributed by atoms with Gasteiger partial charge in [0.2, 0.25) is 11.8 Å². The Hall–Kier alpha value is -3.71. The van der Waals surface area contributed by atoms with E-state index in [0.717, 1.165) is 15.7 Å². The van der Waals surface area contributed by atoms with E-state index >= 15 is 0 Å². The number of carbonyl (C=O) groups excluding carboxylic acids is 3. The van der Waals surface area contributed by atoms with Gasteiger partial charge in [-0.1, -0.05) is 58.4 Å². The summed E-state index contributed by atoms with van der Waals surface area (Å²) in [6, 6.07) is 20.6. The SMILES string of the molecule is COc1ccc(N2C(=O)[C@@H]3[C@H](C2=O)[C@@H]2C=Cc4ccccc4N2[C@@H]3C(=O)c2ccc(Br)cc2)cc1. The lowest BCUT2D eigenvalue weighted by Gasteiger charge is -2.36. The quantitative estimate of drug-likeness (QED) is 0.361. The molecule has 0 aromatic heterocycles. The number of ketones is 1. The minimum absolute atomic E-state index is 0.169. The van der Waals surface area contributed by atoms with Crippen molar-refractivity contribution in [3.05, 3.63) is 94.5 Å². The van der Waals surface area contributed by atoms with Gasteiger partial charge in [0.25, 0.3) is 0 Å². The Kier molecular flexibility index (Phi) is 5.11. The Morgan fingerprint density at radius 1 is 0.886 bits per heavy atom. The number of fused-ring (bicyclic) bond motifs is 5. The third kappa shape index (κ3) is 3.26. The highest BCUT2D eigenvalue weighted by Gasteiger charge is 2.64. The predicted molar refractivity (Wildman–Crippen MR) is 136 cm³/mol. The van der Waals surface area contributed by atoms with Crippen molar-refractivity contribution in [3.8, 4) is 5.75 Å². The monoisotopic (exact) mass is 528 g/mol. The number of carbonyl (C=O) groups is 3. The summed E-state index contributed by atoms with van der Waals surface area (Å²) < 4.78 is 6.08. The number of nitrogens with zero attached hydrogens (tertiary/aromatic N) is 2. The topological polar surface area (TPSA) is 66.9 Å². The van der Waals surface area contributed by atoms with Crippen LogP contribution in [0.25, 0.3) is 6.08 Å². The summed E-state index contributed by atoms with van der Waals surface area (Å²) in [5.74, 6) is -1.61. The zero-order valence-corrected chi connectivity index (χ0v) is 20.4. The van der Waals surface area contributed by atoms with Gasteiger partial charge in [0.15, 0.2) is 5.78 Å². The predicted octanol–water partition coefficient (Wildman–Crippen LogP) is 4.73. The molecule has 2 saturated heterocycles. The summed E-state index contributed by atoms with van der Waals surface area (Å²) in [6.45, 7) is 0. The minimum Gasteiger partial charge on any atom is -0.497 e. The first-order chi connectivity index (χ1) is 17.0. The number of amides is 2. The number of anilines is 2. The van der Waals surface area contributed by atoms with Crippen LogP contribution in [0.1, 0.15) is 15.9 Å². The third-order valence-corrected chi connectivity index (χ3v) is 7.67. The van der Waals surface area contributed by atoms with E-state index in [4.69, 9.17) is 4.74 Å². The zero-order chi connectivity index (χ0) is 24.3. The Morgan fingerprint density at radius 3 is 2.29 bits per heavy atom. The normalized spacial score (nSPS) is 24.3. The minimum atomic E-state index is -0.794. The van der Waals surface area contributed by atoms with E-state index in [9.17, 15) is 14.4 Å². The summed E-state index contributed by atoms with van der Waals surface area (Å²) in [7, 11) is 1.56. The highest BCUT2D eigenvalue weighted by Crippen LogP contribution is 2.49. The van der Waals surface area contributed by atoms with Gasteiger partial charge in [-0.2, -0.15) is 0 Å². The molecule has 4 atom stereocenters. The molecule has 0 bridgehead atoms. The number of ether oxygens (including phenoxy) is 1. The molecule has 0 aliphatic carbocycles. The van der Waals surface area contributed by atoms with E-state index in [1.807, 2.05) is 53.5 Å². The molecule has 3 heterocycles. The smallest absolute Gasteiger partial charge is 0.240 e. The Balaban J connectivity index is 1.47. The fourth-order valence-electron chi connectivity index (χ4n) is 5.58. The summed E-state index contributed by atoms with van der Waals surface area (Å²) in [5, 5.41) is 0. The number of benzene rings is 3. The van der Waals surface area contributed by atoms with Crippen molar-refractivity contribution in [2.75, 3.05) is 16.9 Å². The lowest BCUT2D eigenvalue weighted by molar-refractivity contribution is -0.122. The molecule has 2 amide bonds. The number of imide groups is 1. The van der Waals surface area contributed by atoms with Crippen molar-refractivity contribution in [1.29, 1.82) is 0 Å². The maximum absolute atomic E-state index is 14.0. The number of hydrogen-bond acceptors (Lipinski definition) is 5. The van der Waals surface area contributed by atoms with Crippen molar-refractivity contribution in [2.45, 2.75) is 12.1 Å². The van der Waals surface area contributed by atoms with Gasteiger partial charge in [0.1, 0.15) is 11.8 Å². The van der Waals surface area contributed by atoms with Crippen molar-refractivity contribution >= 4 is 51.0 Å². The van der Waals surface area contributed by atoms with Crippen LogP contribution >= 0.6 is 15.9 Å². The number of methoxy groups -OCH3 is 1. The molecule has 3 aliphatic rings. The van der Waals surface area contributed by atoms with Crippen molar-refractivity contribution in [2.24, 2.45) is 11.8 Å². The number of hydrogen-bond donors (Lipinski definition) is 0. The van der Waals surface area contributed by atoms with Gasteiger partial charge >= 0.3 is 0 Å². The van der Waals surface area contributed by atoms with Crippen molar-refractivity contribution < 1.29 is 19.1 Å². The molecule has 35 heavy (non-hydrogen) atoms. The van der Waals surface area contributed by atoms with Crippen LogP contribution in [0.3, 0.4) is 0 Å². The van der Waals surface area contributed by atoms with Gasteiger partial charge in [-0.05, 0) is 48.0 Å². The fourth-order valence-corrected chi connectivity index (χ4v) is 5.85. The van der Waals surface area contributed by atoms with E-state index < -0.39 is 17.9 Å².